The van der Waals surface area contributed by atoms with Crippen LogP contribution in [0.15, 0.2) is 46.9 Å². The van der Waals surface area contributed by atoms with Crippen molar-refractivity contribution in [3.8, 4) is 11.5 Å². The number of para-hydroxylation sites is 2. The summed E-state index contributed by atoms with van der Waals surface area (Å²) in [6.07, 6.45) is 0. The van der Waals surface area contributed by atoms with E-state index >= 15 is 0 Å². The average Bonchev–Trinajstić information content (AvgIpc) is 2.61. The third kappa shape index (κ3) is 5.47. The van der Waals surface area contributed by atoms with Gasteiger partial charge in [0.1, 0.15) is 11.5 Å². The predicted molar refractivity (Wildman–Crippen MR) is 103 cm³/mol. The van der Waals surface area contributed by atoms with Crippen molar-refractivity contribution in [2.75, 3.05) is 25.6 Å². The Morgan fingerprint density at radius 3 is 2.64 bits per heavy atom. The Kier molecular flexibility index (Phi) is 7.28. The van der Waals surface area contributed by atoms with Gasteiger partial charge in [0.2, 0.25) is 5.91 Å². The van der Waals surface area contributed by atoms with Crippen LogP contribution < -0.4 is 20.1 Å². The van der Waals surface area contributed by atoms with E-state index in [0.29, 0.717) is 18.0 Å². The summed E-state index contributed by atoms with van der Waals surface area (Å²) in [5.41, 5.74) is 1.74. The SMILES string of the molecule is CCOc1ccccc1NC(=O)CNC(C)c1ccc(OC)c(Br)c1. The highest BCUT2D eigenvalue weighted by molar-refractivity contribution is 9.10. The van der Waals surface area contributed by atoms with Crippen LogP contribution >= 0.6 is 15.9 Å². The molecule has 2 aromatic rings. The molecule has 0 aliphatic heterocycles. The lowest BCUT2D eigenvalue weighted by Crippen LogP contribution is -2.30. The Morgan fingerprint density at radius 2 is 1.96 bits per heavy atom. The lowest BCUT2D eigenvalue weighted by atomic mass is 10.1. The molecule has 0 saturated heterocycles. The second kappa shape index (κ2) is 9.44. The Hall–Kier alpha value is -2.05. The van der Waals surface area contributed by atoms with E-state index in [1.54, 1.807) is 7.11 Å². The van der Waals surface area contributed by atoms with Crippen molar-refractivity contribution in [3.63, 3.8) is 0 Å². The maximum absolute atomic E-state index is 12.2. The summed E-state index contributed by atoms with van der Waals surface area (Å²) >= 11 is 3.48. The summed E-state index contributed by atoms with van der Waals surface area (Å²) in [6, 6.07) is 13.3. The predicted octanol–water partition coefficient (Wildman–Crippen LogP) is 4.15. The zero-order valence-corrected chi connectivity index (χ0v) is 16.2. The normalized spacial score (nSPS) is 11.7. The van der Waals surface area contributed by atoms with Crippen LogP contribution in [0.2, 0.25) is 0 Å². The first-order chi connectivity index (χ1) is 12.0. The molecule has 5 nitrogen and oxygen atoms in total. The van der Waals surface area contributed by atoms with Crippen LogP contribution in [-0.4, -0.2) is 26.2 Å². The summed E-state index contributed by atoms with van der Waals surface area (Å²) in [5.74, 6) is 1.33. The third-order valence-electron chi connectivity index (χ3n) is 3.71. The number of ether oxygens (including phenoxy) is 2. The molecule has 0 spiro atoms. The number of halogens is 1. The van der Waals surface area contributed by atoms with Crippen molar-refractivity contribution in [1.82, 2.24) is 5.32 Å². The van der Waals surface area contributed by atoms with Gasteiger partial charge >= 0.3 is 0 Å². The van der Waals surface area contributed by atoms with E-state index in [4.69, 9.17) is 9.47 Å². The van der Waals surface area contributed by atoms with Crippen molar-refractivity contribution in [3.05, 3.63) is 52.5 Å². The minimum absolute atomic E-state index is 0.0232. The first-order valence-electron chi connectivity index (χ1n) is 8.13. The van der Waals surface area contributed by atoms with Gasteiger partial charge in [-0.2, -0.15) is 0 Å². The molecular formula is C19H23BrN2O3. The van der Waals surface area contributed by atoms with E-state index < -0.39 is 0 Å². The molecule has 1 unspecified atom stereocenters. The van der Waals surface area contributed by atoms with Crippen molar-refractivity contribution in [2.45, 2.75) is 19.9 Å². The van der Waals surface area contributed by atoms with Gasteiger partial charge in [-0.1, -0.05) is 18.2 Å². The van der Waals surface area contributed by atoms with E-state index in [-0.39, 0.29) is 18.5 Å². The number of benzene rings is 2. The Balaban J connectivity index is 1.92. The van der Waals surface area contributed by atoms with Gasteiger partial charge < -0.3 is 20.1 Å². The number of carbonyl (C=O) groups excluding carboxylic acids is 1. The highest BCUT2D eigenvalue weighted by atomic mass is 79.9. The fourth-order valence-electron chi connectivity index (χ4n) is 2.36. The first kappa shape index (κ1) is 19.3. The van der Waals surface area contributed by atoms with Gasteiger partial charge in [-0.05, 0) is 59.6 Å². The smallest absolute Gasteiger partial charge is 0.238 e. The summed E-state index contributed by atoms with van der Waals surface area (Å²) in [7, 11) is 1.63. The van der Waals surface area contributed by atoms with Gasteiger partial charge in [0, 0.05) is 6.04 Å². The molecule has 0 radical (unpaired) electrons. The molecule has 25 heavy (non-hydrogen) atoms. The molecule has 0 aromatic heterocycles. The summed E-state index contributed by atoms with van der Waals surface area (Å²) in [5, 5.41) is 6.10. The molecule has 2 N–H and O–H groups in total. The largest absolute Gasteiger partial charge is 0.496 e. The minimum atomic E-state index is -0.119. The maximum atomic E-state index is 12.2. The number of hydrogen-bond acceptors (Lipinski definition) is 4. The van der Waals surface area contributed by atoms with Crippen LogP contribution in [0.1, 0.15) is 25.5 Å². The second-order valence-corrected chi connectivity index (χ2v) is 6.33. The van der Waals surface area contributed by atoms with Crippen molar-refractivity contribution < 1.29 is 14.3 Å². The lowest BCUT2D eigenvalue weighted by Gasteiger charge is -2.16. The van der Waals surface area contributed by atoms with Crippen LogP contribution in [-0.2, 0) is 4.79 Å². The van der Waals surface area contributed by atoms with Gasteiger partial charge in [0.25, 0.3) is 0 Å². The van der Waals surface area contributed by atoms with E-state index in [1.165, 1.54) is 0 Å². The summed E-state index contributed by atoms with van der Waals surface area (Å²) in [4.78, 5) is 12.2. The fourth-order valence-corrected chi connectivity index (χ4v) is 2.92. The molecule has 2 rings (SSSR count). The zero-order chi connectivity index (χ0) is 18.2. The Labute approximate surface area is 156 Å². The highest BCUT2D eigenvalue weighted by Gasteiger charge is 2.11. The molecule has 0 aliphatic carbocycles. The standard InChI is InChI=1S/C19H23BrN2O3/c1-4-25-18-8-6-5-7-16(18)22-19(23)12-21-13(2)14-9-10-17(24-3)15(20)11-14/h5-11,13,21H,4,12H2,1-3H3,(H,22,23). The molecule has 1 amide bonds. The molecule has 0 fully saturated rings. The second-order valence-electron chi connectivity index (χ2n) is 5.47. The lowest BCUT2D eigenvalue weighted by molar-refractivity contribution is -0.115. The van der Waals surface area contributed by atoms with Crippen LogP contribution in [0.5, 0.6) is 11.5 Å². The van der Waals surface area contributed by atoms with Crippen LogP contribution in [0.4, 0.5) is 5.69 Å². The van der Waals surface area contributed by atoms with Gasteiger partial charge in [0.05, 0.1) is 30.4 Å². The Bertz CT molecular complexity index is 722. The molecule has 0 heterocycles. The van der Waals surface area contributed by atoms with Crippen LogP contribution in [0.25, 0.3) is 0 Å². The molecule has 0 aliphatic rings. The fraction of sp³-hybridized carbons (Fsp3) is 0.316. The zero-order valence-electron chi connectivity index (χ0n) is 14.6. The van der Waals surface area contributed by atoms with E-state index in [9.17, 15) is 4.79 Å². The van der Waals surface area contributed by atoms with Crippen LogP contribution in [0, 0.1) is 0 Å². The van der Waals surface area contributed by atoms with Crippen molar-refractivity contribution >= 4 is 27.5 Å². The number of carbonyl (C=O) groups is 1. The number of nitrogens with one attached hydrogen (secondary N) is 2. The molecule has 6 heteroatoms. The van der Waals surface area contributed by atoms with Gasteiger partial charge in [-0.3, -0.25) is 4.79 Å². The monoisotopic (exact) mass is 406 g/mol. The molecule has 2 aromatic carbocycles. The van der Waals surface area contributed by atoms with Gasteiger partial charge in [-0.25, -0.2) is 0 Å². The summed E-state index contributed by atoms with van der Waals surface area (Å²) < 4.78 is 11.6. The summed E-state index contributed by atoms with van der Waals surface area (Å²) in [6.45, 7) is 4.67. The third-order valence-corrected chi connectivity index (χ3v) is 4.33. The minimum Gasteiger partial charge on any atom is -0.496 e. The number of hydrogen-bond donors (Lipinski definition) is 2. The van der Waals surface area contributed by atoms with Crippen molar-refractivity contribution in [2.24, 2.45) is 0 Å². The van der Waals surface area contributed by atoms with E-state index in [0.717, 1.165) is 15.8 Å². The topological polar surface area (TPSA) is 59.6 Å². The van der Waals surface area contributed by atoms with Crippen molar-refractivity contribution in [1.29, 1.82) is 0 Å². The Morgan fingerprint density at radius 1 is 1.20 bits per heavy atom. The molecule has 0 bridgehead atoms. The number of anilines is 1. The first-order valence-corrected chi connectivity index (χ1v) is 8.93. The maximum Gasteiger partial charge on any atom is 0.238 e. The number of methoxy groups -OCH3 is 1. The van der Waals surface area contributed by atoms with Crippen LogP contribution in [0.3, 0.4) is 0 Å². The average molecular weight is 407 g/mol. The molecular weight excluding hydrogens is 384 g/mol. The molecule has 0 saturated carbocycles. The van der Waals surface area contributed by atoms with Gasteiger partial charge in [0.15, 0.2) is 0 Å². The number of amides is 1. The number of rotatable bonds is 8. The van der Waals surface area contributed by atoms with Gasteiger partial charge in [-0.15, -0.1) is 0 Å². The molecule has 1 atom stereocenters. The van der Waals surface area contributed by atoms with E-state index in [2.05, 4.69) is 26.6 Å². The van der Waals surface area contributed by atoms with E-state index in [1.807, 2.05) is 56.3 Å². The molecule has 134 valence electrons. The quantitative estimate of drug-likeness (QED) is 0.691. The highest BCUT2D eigenvalue weighted by Crippen LogP contribution is 2.28.